The number of alkyl halides is 3. The Morgan fingerprint density at radius 1 is 1.12 bits per heavy atom. The average Bonchev–Trinajstić information content (AvgIpc) is 2.60. The van der Waals surface area contributed by atoms with Crippen molar-refractivity contribution in [3.63, 3.8) is 0 Å². The molecular formula is C18H22Cl3NO4. The van der Waals surface area contributed by atoms with Gasteiger partial charge in [0.2, 0.25) is 12.2 Å². The molecule has 0 spiro atoms. The Hall–Kier alpha value is -1.01. The Balaban J connectivity index is 2.01. The van der Waals surface area contributed by atoms with Crippen molar-refractivity contribution < 1.29 is 19.0 Å². The van der Waals surface area contributed by atoms with Gasteiger partial charge in [-0.3, -0.25) is 5.41 Å². The van der Waals surface area contributed by atoms with Gasteiger partial charge < -0.3 is 14.2 Å². The molecule has 2 rings (SSSR count). The zero-order chi connectivity index (χ0) is 19.5. The molecule has 5 nitrogen and oxygen atoms in total. The predicted octanol–water partition coefficient (Wildman–Crippen LogP) is 4.84. The first kappa shape index (κ1) is 21.3. The number of carbonyl (C=O) groups excluding carboxylic acids is 1. The summed E-state index contributed by atoms with van der Waals surface area (Å²) >= 11 is 17.0. The van der Waals surface area contributed by atoms with E-state index in [0.29, 0.717) is 5.56 Å². The minimum atomic E-state index is -1.95. The third kappa shape index (κ3) is 5.26. The molecule has 0 saturated carbocycles. The van der Waals surface area contributed by atoms with E-state index in [1.807, 2.05) is 19.9 Å². The molecule has 0 aliphatic carbocycles. The average molecular weight is 423 g/mol. The molecule has 1 fully saturated rings. The molecule has 1 heterocycles. The first-order valence-corrected chi connectivity index (χ1v) is 9.44. The highest BCUT2D eigenvalue weighted by Crippen LogP contribution is 2.37. The van der Waals surface area contributed by atoms with Crippen LogP contribution < -0.4 is 0 Å². The fourth-order valence-corrected chi connectivity index (χ4v) is 2.94. The third-order valence-corrected chi connectivity index (χ3v) is 5.38. The van der Waals surface area contributed by atoms with Crippen LogP contribution in [-0.2, 0) is 14.2 Å². The SMILES string of the molecule is CC1[C@H](C)C(COC(=O)c2ccccc2)O[C@H](OC(=N)C(Cl)(Cl)Cl)[C@@H]1C. The molecule has 26 heavy (non-hydrogen) atoms. The molecule has 0 radical (unpaired) electrons. The van der Waals surface area contributed by atoms with Gasteiger partial charge >= 0.3 is 5.97 Å². The number of carbonyl (C=O) groups is 1. The molecule has 1 aromatic rings. The number of benzene rings is 1. The smallest absolute Gasteiger partial charge is 0.338 e. The first-order valence-electron chi connectivity index (χ1n) is 8.31. The maximum Gasteiger partial charge on any atom is 0.338 e. The zero-order valence-electron chi connectivity index (χ0n) is 14.7. The monoisotopic (exact) mass is 421 g/mol. The number of ether oxygens (including phenoxy) is 3. The fraction of sp³-hybridized carbons (Fsp3) is 0.556. The molecule has 0 aromatic heterocycles. The molecule has 1 N–H and O–H groups in total. The summed E-state index contributed by atoms with van der Waals surface area (Å²) in [6, 6.07) is 8.74. The standard InChI is InChI=1S/C18H22Cl3NO4/c1-10-11(2)14(9-24-15(23)13-7-5-4-6-8-13)25-16(12(10)3)26-17(22)18(19,20)21/h4-8,10-12,14,16,22H,9H2,1-3H3/t10?,11-,12+,14?,16+/m0/s1. The van der Waals surface area contributed by atoms with E-state index >= 15 is 0 Å². The lowest BCUT2D eigenvalue weighted by atomic mass is 9.79. The molecule has 2 unspecified atom stereocenters. The van der Waals surface area contributed by atoms with Crippen molar-refractivity contribution in [1.82, 2.24) is 0 Å². The zero-order valence-corrected chi connectivity index (χ0v) is 17.0. The van der Waals surface area contributed by atoms with E-state index in [0.717, 1.165) is 0 Å². The van der Waals surface area contributed by atoms with Crippen LogP contribution in [0.25, 0.3) is 0 Å². The summed E-state index contributed by atoms with van der Waals surface area (Å²) in [6.07, 6.45) is -1.15. The molecule has 1 saturated heterocycles. The van der Waals surface area contributed by atoms with Gasteiger partial charge in [-0.15, -0.1) is 0 Å². The summed E-state index contributed by atoms with van der Waals surface area (Å²) < 4.78 is 14.8. The fourth-order valence-electron chi connectivity index (χ4n) is 2.81. The highest BCUT2D eigenvalue weighted by Gasteiger charge is 2.43. The molecule has 0 amide bonds. The number of hydrogen-bond donors (Lipinski definition) is 1. The van der Waals surface area contributed by atoms with Gasteiger partial charge in [0.05, 0.1) is 11.7 Å². The van der Waals surface area contributed by atoms with Crippen LogP contribution in [0.1, 0.15) is 31.1 Å². The van der Waals surface area contributed by atoms with Crippen LogP contribution in [0.4, 0.5) is 0 Å². The summed E-state index contributed by atoms with van der Waals surface area (Å²) in [7, 11) is 0. The summed E-state index contributed by atoms with van der Waals surface area (Å²) in [4.78, 5) is 12.1. The Kier molecular flexibility index (Phi) is 7.19. The van der Waals surface area contributed by atoms with Crippen molar-refractivity contribution in [3.8, 4) is 0 Å². The van der Waals surface area contributed by atoms with Crippen molar-refractivity contribution in [2.24, 2.45) is 17.8 Å². The lowest BCUT2D eigenvalue weighted by Gasteiger charge is -2.43. The van der Waals surface area contributed by atoms with E-state index in [1.165, 1.54) is 0 Å². The van der Waals surface area contributed by atoms with Gasteiger partial charge in [0.25, 0.3) is 3.79 Å². The van der Waals surface area contributed by atoms with E-state index in [-0.39, 0.29) is 30.5 Å². The van der Waals surface area contributed by atoms with E-state index in [9.17, 15) is 4.79 Å². The Morgan fingerprint density at radius 3 is 2.31 bits per heavy atom. The number of hydrogen-bond acceptors (Lipinski definition) is 5. The Labute approximate surface area is 168 Å². The van der Waals surface area contributed by atoms with Crippen LogP contribution in [-0.4, -0.2) is 34.7 Å². The van der Waals surface area contributed by atoms with Crippen LogP contribution in [0.5, 0.6) is 0 Å². The van der Waals surface area contributed by atoms with Gasteiger partial charge in [-0.1, -0.05) is 73.8 Å². The highest BCUT2D eigenvalue weighted by atomic mass is 35.6. The molecular weight excluding hydrogens is 401 g/mol. The van der Waals surface area contributed by atoms with Gasteiger partial charge in [0, 0.05) is 5.92 Å². The molecule has 0 bridgehead atoms. The second kappa shape index (κ2) is 8.79. The van der Waals surface area contributed by atoms with Crippen LogP contribution in [0.3, 0.4) is 0 Å². The lowest BCUT2D eigenvalue weighted by molar-refractivity contribution is -0.225. The van der Waals surface area contributed by atoms with Crippen LogP contribution in [0, 0.1) is 23.2 Å². The molecule has 144 valence electrons. The minimum Gasteiger partial charge on any atom is -0.459 e. The third-order valence-electron chi connectivity index (χ3n) is 4.86. The van der Waals surface area contributed by atoms with Gasteiger partial charge in [-0.05, 0) is 24.0 Å². The summed E-state index contributed by atoms with van der Waals surface area (Å²) in [5.41, 5.74) is 0.475. The van der Waals surface area contributed by atoms with Gasteiger partial charge in [0.1, 0.15) is 6.61 Å². The van der Waals surface area contributed by atoms with Crippen molar-refractivity contribution in [3.05, 3.63) is 35.9 Å². The number of nitrogens with one attached hydrogen (secondary N) is 1. The summed E-state index contributed by atoms with van der Waals surface area (Å²) in [6.45, 7) is 6.11. The normalized spacial score (nSPS) is 29.1. The quantitative estimate of drug-likeness (QED) is 0.326. The molecule has 1 aliphatic rings. The van der Waals surface area contributed by atoms with Crippen LogP contribution in [0.2, 0.25) is 0 Å². The summed E-state index contributed by atoms with van der Waals surface area (Å²) in [5.74, 6) is -0.633. The maximum atomic E-state index is 12.1. The summed E-state index contributed by atoms with van der Waals surface area (Å²) in [5, 5.41) is 7.75. The van der Waals surface area contributed by atoms with E-state index in [2.05, 4.69) is 6.92 Å². The van der Waals surface area contributed by atoms with Crippen molar-refractivity contribution in [1.29, 1.82) is 5.41 Å². The second-order valence-electron chi connectivity index (χ2n) is 6.53. The topological polar surface area (TPSA) is 68.6 Å². The number of halogens is 3. The van der Waals surface area contributed by atoms with Crippen molar-refractivity contribution in [2.75, 3.05) is 6.61 Å². The van der Waals surface area contributed by atoms with E-state index < -0.39 is 21.9 Å². The number of esters is 1. The molecule has 1 aliphatic heterocycles. The second-order valence-corrected chi connectivity index (χ2v) is 8.81. The minimum absolute atomic E-state index is 0.0289. The lowest BCUT2D eigenvalue weighted by Crippen LogP contribution is -2.49. The molecule has 1 aromatic carbocycles. The van der Waals surface area contributed by atoms with Crippen molar-refractivity contribution >= 4 is 46.7 Å². The van der Waals surface area contributed by atoms with Gasteiger partial charge in [-0.2, -0.15) is 0 Å². The Bertz CT molecular complexity index is 635. The predicted molar refractivity (Wildman–Crippen MR) is 102 cm³/mol. The molecule has 5 atom stereocenters. The van der Waals surface area contributed by atoms with Gasteiger partial charge in [-0.25, -0.2) is 4.79 Å². The Morgan fingerprint density at radius 2 is 1.73 bits per heavy atom. The van der Waals surface area contributed by atoms with E-state index in [1.54, 1.807) is 24.3 Å². The van der Waals surface area contributed by atoms with Crippen molar-refractivity contribution in [2.45, 2.75) is 37.0 Å². The largest absolute Gasteiger partial charge is 0.459 e. The van der Waals surface area contributed by atoms with Gasteiger partial charge in [0.15, 0.2) is 0 Å². The first-order chi connectivity index (χ1) is 12.1. The number of rotatable bonds is 4. The van der Waals surface area contributed by atoms with Crippen LogP contribution in [0.15, 0.2) is 30.3 Å². The molecule has 8 heteroatoms. The van der Waals surface area contributed by atoms with E-state index in [4.69, 9.17) is 54.4 Å². The maximum absolute atomic E-state index is 12.1. The highest BCUT2D eigenvalue weighted by molar-refractivity contribution is 6.76. The van der Waals surface area contributed by atoms with Crippen LogP contribution >= 0.6 is 34.8 Å².